The Labute approximate surface area is 162 Å². The SMILES string of the molecule is COc1ccc(Nc2ccc(C(=O)Nc3ccccc3C#N)nc2)cc1OC. The first-order valence-electron chi connectivity index (χ1n) is 8.40. The van der Waals surface area contributed by atoms with Gasteiger partial charge in [-0.05, 0) is 36.4 Å². The van der Waals surface area contributed by atoms with Crippen molar-refractivity contribution in [3.8, 4) is 17.6 Å². The fourth-order valence-corrected chi connectivity index (χ4v) is 2.56. The Bertz CT molecular complexity index is 1030. The lowest BCUT2D eigenvalue weighted by molar-refractivity contribution is 0.102. The van der Waals surface area contributed by atoms with Gasteiger partial charge < -0.3 is 20.1 Å². The number of carbonyl (C=O) groups is 1. The Hall–Kier alpha value is -4.05. The third-order valence-corrected chi connectivity index (χ3v) is 3.96. The minimum absolute atomic E-state index is 0.241. The monoisotopic (exact) mass is 374 g/mol. The molecule has 0 aliphatic carbocycles. The zero-order chi connectivity index (χ0) is 19.9. The molecule has 7 heteroatoms. The normalized spacial score (nSPS) is 9.89. The van der Waals surface area contributed by atoms with Crippen LogP contribution >= 0.6 is 0 Å². The van der Waals surface area contributed by atoms with Crippen molar-refractivity contribution in [3.63, 3.8) is 0 Å². The predicted octanol–water partition coefficient (Wildman–Crippen LogP) is 3.97. The molecule has 2 aromatic carbocycles. The number of methoxy groups -OCH3 is 2. The van der Waals surface area contributed by atoms with E-state index >= 15 is 0 Å². The van der Waals surface area contributed by atoms with E-state index in [1.165, 1.54) is 0 Å². The summed E-state index contributed by atoms with van der Waals surface area (Å²) in [5, 5.41) is 15.0. The molecule has 1 aromatic heterocycles. The third kappa shape index (κ3) is 4.19. The van der Waals surface area contributed by atoms with Crippen LogP contribution in [0.1, 0.15) is 16.1 Å². The number of nitrogens with zero attached hydrogens (tertiary/aromatic N) is 2. The Morgan fingerprint density at radius 2 is 1.75 bits per heavy atom. The van der Waals surface area contributed by atoms with Gasteiger partial charge in [0.25, 0.3) is 5.91 Å². The Balaban J connectivity index is 1.71. The number of benzene rings is 2. The number of nitriles is 1. The number of para-hydroxylation sites is 1. The Kier molecular flexibility index (Phi) is 5.72. The highest BCUT2D eigenvalue weighted by atomic mass is 16.5. The highest BCUT2D eigenvalue weighted by molar-refractivity contribution is 6.03. The fourth-order valence-electron chi connectivity index (χ4n) is 2.56. The van der Waals surface area contributed by atoms with E-state index in [1.54, 1.807) is 68.9 Å². The summed E-state index contributed by atoms with van der Waals surface area (Å²) in [5.74, 6) is 0.851. The van der Waals surface area contributed by atoms with Crippen molar-refractivity contribution in [3.05, 3.63) is 72.1 Å². The molecule has 0 atom stereocenters. The van der Waals surface area contributed by atoms with Crippen LogP contribution in [0.3, 0.4) is 0 Å². The number of hydrogen-bond donors (Lipinski definition) is 2. The van der Waals surface area contributed by atoms with Crippen molar-refractivity contribution in [1.82, 2.24) is 4.98 Å². The number of hydrogen-bond acceptors (Lipinski definition) is 6. The molecule has 3 rings (SSSR count). The van der Waals surface area contributed by atoms with E-state index in [4.69, 9.17) is 14.7 Å². The molecule has 1 amide bonds. The van der Waals surface area contributed by atoms with Gasteiger partial charge in [-0.3, -0.25) is 4.79 Å². The minimum Gasteiger partial charge on any atom is -0.493 e. The number of aromatic nitrogens is 1. The van der Waals surface area contributed by atoms with E-state index in [9.17, 15) is 4.79 Å². The highest BCUT2D eigenvalue weighted by Crippen LogP contribution is 2.31. The summed E-state index contributed by atoms with van der Waals surface area (Å²) in [6, 6.07) is 17.6. The molecule has 0 bridgehead atoms. The maximum atomic E-state index is 12.4. The van der Waals surface area contributed by atoms with Crippen LogP contribution in [-0.2, 0) is 0 Å². The number of anilines is 3. The largest absolute Gasteiger partial charge is 0.493 e. The third-order valence-electron chi connectivity index (χ3n) is 3.96. The second-order valence-electron chi connectivity index (χ2n) is 5.74. The average molecular weight is 374 g/mol. The second-order valence-corrected chi connectivity index (χ2v) is 5.74. The molecule has 0 saturated carbocycles. The van der Waals surface area contributed by atoms with E-state index in [1.807, 2.05) is 12.1 Å². The smallest absolute Gasteiger partial charge is 0.274 e. The number of carbonyl (C=O) groups excluding carboxylic acids is 1. The van der Waals surface area contributed by atoms with Crippen molar-refractivity contribution >= 4 is 23.0 Å². The zero-order valence-electron chi connectivity index (χ0n) is 15.4. The summed E-state index contributed by atoms with van der Waals surface area (Å²) in [6.45, 7) is 0. The molecule has 0 unspecified atom stereocenters. The van der Waals surface area contributed by atoms with Gasteiger partial charge in [0, 0.05) is 11.8 Å². The van der Waals surface area contributed by atoms with E-state index in [0.29, 0.717) is 28.4 Å². The maximum Gasteiger partial charge on any atom is 0.274 e. The summed E-state index contributed by atoms with van der Waals surface area (Å²) < 4.78 is 10.5. The lowest BCUT2D eigenvalue weighted by Gasteiger charge is -2.11. The van der Waals surface area contributed by atoms with Crippen LogP contribution in [0.25, 0.3) is 0 Å². The predicted molar refractivity (Wildman–Crippen MR) is 106 cm³/mol. The molecule has 0 saturated heterocycles. The molecule has 3 aromatic rings. The van der Waals surface area contributed by atoms with Crippen molar-refractivity contribution in [2.24, 2.45) is 0 Å². The van der Waals surface area contributed by atoms with Crippen LogP contribution in [0.5, 0.6) is 11.5 Å². The zero-order valence-corrected chi connectivity index (χ0v) is 15.4. The molecule has 0 aliphatic heterocycles. The summed E-state index contributed by atoms with van der Waals surface area (Å²) in [6.07, 6.45) is 1.56. The molecule has 1 heterocycles. The van der Waals surface area contributed by atoms with Crippen molar-refractivity contribution in [2.45, 2.75) is 0 Å². The molecule has 2 N–H and O–H groups in total. The van der Waals surface area contributed by atoms with Crippen LogP contribution in [0, 0.1) is 11.3 Å². The summed E-state index contributed by atoms with van der Waals surface area (Å²) >= 11 is 0. The molecule has 0 fully saturated rings. The van der Waals surface area contributed by atoms with Gasteiger partial charge in [-0.25, -0.2) is 4.98 Å². The average Bonchev–Trinajstić information content (AvgIpc) is 2.74. The highest BCUT2D eigenvalue weighted by Gasteiger charge is 2.10. The Morgan fingerprint density at radius 1 is 1.00 bits per heavy atom. The Morgan fingerprint density at radius 3 is 2.43 bits per heavy atom. The maximum absolute atomic E-state index is 12.4. The minimum atomic E-state index is -0.389. The van der Waals surface area contributed by atoms with Crippen LogP contribution < -0.4 is 20.1 Å². The first-order chi connectivity index (χ1) is 13.6. The molecule has 140 valence electrons. The lowest BCUT2D eigenvalue weighted by atomic mass is 10.2. The van der Waals surface area contributed by atoms with Gasteiger partial charge in [0.2, 0.25) is 0 Å². The van der Waals surface area contributed by atoms with Crippen LogP contribution in [0.15, 0.2) is 60.8 Å². The fraction of sp³-hybridized carbons (Fsp3) is 0.0952. The van der Waals surface area contributed by atoms with Crippen LogP contribution in [0.2, 0.25) is 0 Å². The standard InChI is InChI=1S/C21H18N4O3/c1-27-19-10-8-15(11-20(19)28-2)24-16-7-9-18(23-13-16)21(26)25-17-6-4-3-5-14(17)12-22/h3-11,13,24H,1-2H3,(H,25,26). The number of rotatable bonds is 6. The van der Waals surface area contributed by atoms with E-state index in [0.717, 1.165) is 5.69 Å². The number of pyridine rings is 1. The quantitative estimate of drug-likeness (QED) is 0.678. The lowest BCUT2D eigenvalue weighted by Crippen LogP contribution is -2.14. The first kappa shape index (κ1) is 18.7. The topological polar surface area (TPSA) is 96.3 Å². The molecule has 0 spiro atoms. The molecular formula is C21H18N4O3. The second kappa shape index (κ2) is 8.56. The number of ether oxygens (including phenoxy) is 2. The number of nitrogens with one attached hydrogen (secondary N) is 2. The molecule has 0 aliphatic rings. The van der Waals surface area contributed by atoms with Gasteiger partial charge in [0.05, 0.1) is 37.4 Å². The van der Waals surface area contributed by atoms with E-state index in [-0.39, 0.29) is 11.6 Å². The van der Waals surface area contributed by atoms with Gasteiger partial charge in [0.1, 0.15) is 11.8 Å². The van der Waals surface area contributed by atoms with Gasteiger partial charge in [-0.2, -0.15) is 5.26 Å². The molecular weight excluding hydrogens is 356 g/mol. The summed E-state index contributed by atoms with van der Waals surface area (Å²) in [5.41, 5.74) is 2.58. The summed E-state index contributed by atoms with van der Waals surface area (Å²) in [7, 11) is 3.15. The molecule has 28 heavy (non-hydrogen) atoms. The van der Waals surface area contributed by atoms with Crippen molar-refractivity contribution in [2.75, 3.05) is 24.9 Å². The van der Waals surface area contributed by atoms with Crippen LogP contribution in [-0.4, -0.2) is 25.1 Å². The van der Waals surface area contributed by atoms with E-state index in [2.05, 4.69) is 15.6 Å². The van der Waals surface area contributed by atoms with Gasteiger partial charge >= 0.3 is 0 Å². The first-order valence-corrected chi connectivity index (χ1v) is 8.40. The van der Waals surface area contributed by atoms with E-state index < -0.39 is 0 Å². The van der Waals surface area contributed by atoms with Crippen molar-refractivity contribution < 1.29 is 14.3 Å². The van der Waals surface area contributed by atoms with Gasteiger partial charge in [0.15, 0.2) is 11.5 Å². The van der Waals surface area contributed by atoms with Crippen molar-refractivity contribution in [1.29, 1.82) is 5.26 Å². The van der Waals surface area contributed by atoms with Gasteiger partial charge in [-0.1, -0.05) is 12.1 Å². The number of amides is 1. The molecule has 0 radical (unpaired) electrons. The molecule has 7 nitrogen and oxygen atoms in total. The van der Waals surface area contributed by atoms with Gasteiger partial charge in [-0.15, -0.1) is 0 Å². The van der Waals surface area contributed by atoms with Crippen LogP contribution in [0.4, 0.5) is 17.1 Å². The summed E-state index contributed by atoms with van der Waals surface area (Å²) in [4.78, 5) is 16.6.